The molecule has 4 nitrogen and oxygen atoms in total. The van der Waals surface area contributed by atoms with E-state index in [9.17, 15) is 4.79 Å². The topological polar surface area (TPSA) is 46.1 Å². The molecule has 2 aliphatic rings. The number of piperidine rings is 1. The minimum absolute atomic E-state index is 0. The Hall–Kier alpha value is -0.520. The van der Waals surface area contributed by atoms with E-state index in [1.807, 2.05) is 23.9 Å². The molecule has 94 valence electrons. The quantitative estimate of drug-likeness (QED) is 0.859. The molecular formula is C11H15BrClN3O. The van der Waals surface area contributed by atoms with Crippen molar-refractivity contribution in [2.45, 2.75) is 6.04 Å². The Morgan fingerprint density at radius 2 is 2.18 bits per heavy atom. The normalized spacial score (nSPS) is 29.4. The number of hydrogen-bond donors (Lipinski definition) is 2. The van der Waals surface area contributed by atoms with Crippen molar-refractivity contribution in [3.05, 3.63) is 22.4 Å². The third kappa shape index (κ3) is 2.23. The second-order valence-corrected chi connectivity index (χ2v) is 5.56. The van der Waals surface area contributed by atoms with Gasteiger partial charge in [0.2, 0.25) is 0 Å². The highest BCUT2D eigenvalue weighted by atomic mass is 79.9. The number of aryl methyl sites for hydroxylation is 1. The van der Waals surface area contributed by atoms with Crippen LogP contribution in [0.4, 0.5) is 0 Å². The van der Waals surface area contributed by atoms with Gasteiger partial charge in [0.25, 0.3) is 5.91 Å². The van der Waals surface area contributed by atoms with E-state index in [1.165, 1.54) is 0 Å². The van der Waals surface area contributed by atoms with E-state index in [1.54, 1.807) is 0 Å². The number of nitrogens with zero attached hydrogens (tertiary/aromatic N) is 1. The molecule has 6 heteroatoms. The van der Waals surface area contributed by atoms with Gasteiger partial charge in [-0.05, 0) is 33.8 Å². The lowest BCUT2D eigenvalue weighted by Gasteiger charge is -2.08. The molecule has 2 atom stereocenters. The van der Waals surface area contributed by atoms with Crippen LogP contribution in [-0.2, 0) is 7.05 Å². The summed E-state index contributed by atoms with van der Waals surface area (Å²) < 4.78 is 2.79. The molecule has 2 unspecified atom stereocenters. The molecular weight excluding hydrogens is 305 g/mol. The molecule has 0 radical (unpaired) electrons. The monoisotopic (exact) mass is 319 g/mol. The van der Waals surface area contributed by atoms with Crippen molar-refractivity contribution < 1.29 is 4.79 Å². The van der Waals surface area contributed by atoms with E-state index in [4.69, 9.17) is 0 Å². The Morgan fingerprint density at radius 1 is 1.53 bits per heavy atom. The summed E-state index contributed by atoms with van der Waals surface area (Å²) in [6, 6.07) is 2.24. The minimum atomic E-state index is 0. The third-order valence-corrected chi connectivity index (χ3v) is 4.03. The van der Waals surface area contributed by atoms with Crippen molar-refractivity contribution in [3.8, 4) is 0 Å². The van der Waals surface area contributed by atoms with Crippen LogP contribution in [0.3, 0.4) is 0 Å². The largest absolute Gasteiger partial charge is 0.347 e. The zero-order valence-electron chi connectivity index (χ0n) is 9.44. The maximum atomic E-state index is 12.0. The van der Waals surface area contributed by atoms with Crippen LogP contribution in [0.15, 0.2) is 16.7 Å². The van der Waals surface area contributed by atoms with Crippen molar-refractivity contribution >= 4 is 34.2 Å². The molecule has 3 rings (SSSR count). The van der Waals surface area contributed by atoms with Crippen molar-refractivity contribution in [1.82, 2.24) is 15.2 Å². The van der Waals surface area contributed by atoms with Crippen molar-refractivity contribution in [2.75, 3.05) is 13.1 Å². The summed E-state index contributed by atoms with van der Waals surface area (Å²) in [6.45, 7) is 2.10. The lowest BCUT2D eigenvalue weighted by atomic mass is 10.3. The lowest BCUT2D eigenvalue weighted by molar-refractivity contribution is 0.0938. The fourth-order valence-electron chi connectivity index (χ4n) is 2.61. The first-order chi connectivity index (χ1) is 7.66. The molecule has 1 aromatic rings. The van der Waals surface area contributed by atoms with Crippen LogP contribution in [0.25, 0.3) is 0 Å². The third-order valence-electron chi connectivity index (χ3n) is 3.59. The molecule has 1 aromatic heterocycles. The summed E-state index contributed by atoms with van der Waals surface area (Å²) >= 11 is 3.37. The van der Waals surface area contributed by atoms with Gasteiger partial charge in [-0.3, -0.25) is 4.79 Å². The van der Waals surface area contributed by atoms with Crippen LogP contribution in [0, 0.1) is 11.8 Å². The molecule has 2 fully saturated rings. The van der Waals surface area contributed by atoms with Crippen molar-refractivity contribution in [1.29, 1.82) is 0 Å². The smallest absolute Gasteiger partial charge is 0.268 e. The summed E-state index contributed by atoms with van der Waals surface area (Å²) in [5.41, 5.74) is 0.713. The number of halogens is 2. The molecule has 1 aliphatic heterocycles. The van der Waals surface area contributed by atoms with E-state index in [2.05, 4.69) is 26.6 Å². The first-order valence-electron chi connectivity index (χ1n) is 5.50. The predicted molar refractivity (Wildman–Crippen MR) is 71.5 cm³/mol. The lowest BCUT2D eigenvalue weighted by Crippen LogP contribution is -2.33. The van der Waals surface area contributed by atoms with Gasteiger partial charge in [-0.2, -0.15) is 0 Å². The number of nitrogens with one attached hydrogen (secondary N) is 2. The molecule has 0 bridgehead atoms. The van der Waals surface area contributed by atoms with Crippen LogP contribution in [0.1, 0.15) is 10.5 Å². The molecule has 1 saturated carbocycles. The van der Waals surface area contributed by atoms with E-state index in [0.717, 1.165) is 17.6 Å². The number of fused-ring (bicyclic) bond motifs is 1. The maximum Gasteiger partial charge on any atom is 0.268 e. The SMILES string of the molecule is Cl.Cn1cc(Br)cc1C(=O)NC1C2CNCC21. The van der Waals surface area contributed by atoms with Gasteiger partial charge < -0.3 is 15.2 Å². The predicted octanol–water partition coefficient (Wildman–Crippen LogP) is 1.16. The maximum absolute atomic E-state index is 12.0. The average molecular weight is 321 g/mol. The van der Waals surface area contributed by atoms with Crippen LogP contribution in [-0.4, -0.2) is 29.6 Å². The Labute approximate surface area is 115 Å². The summed E-state index contributed by atoms with van der Waals surface area (Å²) in [4.78, 5) is 12.0. The van der Waals surface area contributed by atoms with Gasteiger partial charge in [-0.1, -0.05) is 0 Å². The number of carbonyl (C=O) groups excluding carboxylic acids is 1. The summed E-state index contributed by atoms with van der Waals surface area (Å²) in [6.07, 6.45) is 1.89. The fraction of sp³-hybridized carbons (Fsp3) is 0.545. The van der Waals surface area contributed by atoms with E-state index in [-0.39, 0.29) is 18.3 Å². The molecule has 2 N–H and O–H groups in total. The van der Waals surface area contributed by atoms with E-state index >= 15 is 0 Å². The molecule has 1 saturated heterocycles. The average Bonchev–Trinajstić information content (AvgIpc) is 2.66. The Morgan fingerprint density at radius 3 is 2.71 bits per heavy atom. The molecule has 17 heavy (non-hydrogen) atoms. The van der Waals surface area contributed by atoms with Gasteiger partial charge in [0, 0.05) is 36.8 Å². The minimum Gasteiger partial charge on any atom is -0.347 e. The Balaban J connectivity index is 0.00000108. The molecule has 2 heterocycles. The number of carbonyl (C=O) groups is 1. The fourth-order valence-corrected chi connectivity index (χ4v) is 3.13. The van der Waals surface area contributed by atoms with E-state index < -0.39 is 0 Å². The summed E-state index contributed by atoms with van der Waals surface area (Å²) in [7, 11) is 1.88. The zero-order valence-corrected chi connectivity index (χ0v) is 11.8. The number of amides is 1. The van der Waals surface area contributed by atoms with Gasteiger partial charge in [0.1, 0.15) is 5.69 Å². The van der Waals surface area contributed by atoms with Crippen LogP contribution in [0.2, 0.25) is 0 Å². The van der Waals surface area contributed by atoms with E-state index in [0.29, 0.717) is 23.6 Å². The Kier molecular flexibility index (Phi) is 3.52. The highest BCUT2D eigenvalue weighted by molar-refractivity contribution is 9.10. The first-order valence-corrected chi connectivity index (χ1v) is 6.29. The highest BCUT2D eigenvalue weighted by Crippen LogP contribution is 2.41. The number of hydrogen-bond acceptors (Lipinski definition) is 2. The van der Waals surface area contributed by atoms with Crippen LogP contribution in [0.5, 0.6) is 0 Å². The second-order valence-electron chi connectivity index (χ2n) is 4.64. The molecule has 0 aromatic carbocycles. The Bertz CT molecular complexity index is 438. The summed E-state index contributed by atoms with van der Waals surface area (Å²) in [5, 5.41) is 6.42. The second kappa shape index (κ2) is 4.63. The standard InChI is InChI=1S/C11H14BrN3O.ClH/c1-15-5-6(12)2-9(15)11(16)14-10-7-3-13-4-8(7)10;/h2,5,7-8,10,13H,3-4H2,1H3,(H,14,16);1H. The summed E-state index contributed by atoms with van der Waals surface area (Å²) in [5.74, 6) is 1.35. The number of rotatable bonds is 2. The van der Waals surface area contributed by atoms with Gasteiger partial charge in [0.05, 0.1) is 0 Å². The van der Waals surface area contributed by atoms with Crippen molar-refractivity contribution in [2.24, 2.45) is 18.9 Å². The molecule has 1 aliphatic carbocycles. The van der Waals surface area contributed by atoms with Gasteiger partial charge in [-0.25, -0.2) is 0 Å². The highest BCUT2D eigenvalue weighted by Gasteiger charge is 2.53. The molecule has 0 spiro atoms. The first kappa shape index (κ1) is 12.9. The van der Waals surface area contributed by atoms with Gasteiger partial charge in [0.15, 0.2) is 0 Å². The van der Waals surface area contributed by atoms with Gasteiger partial charge in [-0.15, -0.1) is 12.4 Å². The molecule has 1 amide bonds. The van der Waals surface area contributed by atoms with Gasteiger partial charge >= 0.3 is 0 Å². The zero-order chi connectivity index (χ0) is 11.3. The van der Waals surface area contributed by atoms with Crippen molar-refractivity contribution in [3.63, 3.8) is 0 Å². The number of aromatic nitrogens is 1. The van der Waals surface area contributed by atoms with Crippen LogP contribution < -0.4 is 10.6 Å². The van der Waals surface area contributed by atoms with Crippen LogP contribution >= 0.6 is 28.3 Å².